The van der Waals surface area contributed by atoms with Crippen molar-refractivity contribution in [2.75, 3.05) is 5.32 Å². The van der Waals surface area contributed by atoms with Crippen LogP contribution < -0.4 is 11.1 Å². The molecule has 0 saturated heterocycles. The van der Waals surface area contributed by atoms with Crippen LogP contribution in [0, 0.1) is 0 Å². The molecular formula is C18H18N4O. The molecule has 1 aromatic carbocycles. The Kier molecular flexibility index (Phi) is 4.59. The molecule has 1 atom stereocenters. The van der Waals surface area contributed by atoms with E-state index in [9.17, 15) is 4.79 Å². The fraction of sp³-hybridized carbons (Fsp3) is 0.167. The Balaban J connectivity index is 1.63. The zero-order valence-corrected chi connectivity index (χ0v) is 12.6. The summed E-state index contributed by atoms with van der Waals surface area (Å²) in [6.07, 6.45) is 7.75. The van der Waals surface area contributed by atoms with Gasteiger partial charge in [0.2, 0.25) is 5.91 Å². The molecule has 3 aromatic rings. The first-order valence-electron chi connectivity index (χ1n) is 7.52. The van der Waals surface area contributed by atoms with E-state index in [1.165, 1.54) is 0 Å². The highest BCUT2D eigenvalue weighted by Gasteiger charge is 2.10. The Bertz CT molecular complexity index is 799. The standard InChI is InChI=1S/C18H18N4O/c19-16(13-4-2-1-3-5-13)6-7-18(23)22-17-12-21-11-14-10-20-9-8-15(14)17/h1-5,8-12,16H,6-7,19H2,(H,22,23). The minimum absolute atomic E-state index is 0.0671. The molecule has 2 aromatic heterocycles. The summed E-state index contributed by atoms with van der Waals surface area (Å²) >= 11 is 0. The van der Waals surface area contributed by atoms with E-state index in [-0.39, 0.29) is 11.9 Å². The van der Waals surface area contributed by atoms with Gasteiger partial charge >= 0.3 is 0 Å². The maximum atomic E-state index is 12.2. The summed E-state index contributed by atoms with van der Waals surface area (Å²) in [6.45, 7) is 0. The summed E-state index contributed by atoms with van der Waals surface area (Å²) in [6, 6.07) is 11.5. The van der Waals surface area contributed by atoms with E-state index in [0.717, 1.165) is 16.3 Å². The van der Waals surface area contributed by atoms with Crippen molar-refractivity contribution in [3.05, 3.63) is 66.7 Å². The van der Waals surface area contributed by atoms with Crippen LogP contribution in [0.25, 0.3) is 10.8 Å². The third-order valence-corrected chi connectivity index (χ3v) is 3.74. The summed E-state index contributed by atoms with van der Waals surface area (Å²) in [5.41, 5.74) is 7.86. The molecule has 5 nitrogen and oxygen atoms in total. The predicted molar refractivity (Wildman–Crippen MR) is 90.8 cm³/mol. The fourth-order valence-corrected chi connectivity index (χ4v) is 2.48. The molecular weight excluding hydrogens is 288 g/mol. The Morgan fingerprint density at radius 1 is 1.09 bits per heavy atom. The molecule has 0 spiro atoms. The molecule has 0 saturated carbocycles. The molecule has 3 rings (SSSR count). The van der Waals surface area contributed by atoms with Gasteiger partial charge in [0.25, 0.3) is 0 Å². The molecule has 5 heteroatoms. The van der Waals surface area contributed by atoms with Crippen LogP contribution in [0.4, 0.5) is 5.69 Å². The highest BCUT2D eigenvalue weighted by atomic mass is 16.1. The second-order valence-corrected chi connectivity index (χ2v) is 5.39. The number of hydrogen-bond acceptors (Lipinski definition) is 4. The summed E-state index contributed by atoms with van der Waals surface area (Å²) < 4.78 is 0. The van der Waals surface area contributed by atoms with Gasteiger partial charge in [-0.15, -0.1) is 0 Å². The van der Waals surface area contributed by atoms with Crippen LogP contribution in [0.1, 0.15) is 24.4 Å². The minimum Gasteiger partial charge on any atom is -0.324 e. The van der Waals surface area contributed by atoms with Crippen molar-refractivity contribution in [1.29, 1.82) is 0 Å². The second kappa shape index (κ2) is 6.98. The Labute approximate surface area is 134 Å². The molecule has 0 aliphatic rings. The quantitative estimate of drug-likeness (QED) is 0.759. The lowest BCUT2D eigenvalue weighted by molar-refractivity contribution is -0.116. The fourth-order valence-electron chi connectivity index (χ4n) is 2.48. The van der Waals surface area contributed by atoms with Gasteiger partial charge in [-0.1, -0.05) is 30.3 Å². The average molecular weight is 306 g/mol. The first-order chi connectivity index (χ1) is 11.2. The predicted octanol–water partition coefficient (Wildman–Crippen LogP) is 3.05. The summed E-state index contributed by atoms with van der Waals surface area (Å²) in [5.74, 6) is -0.0671. The molecule has 0 fully saturated rings. The third kappa shape index (κ3) is 3.70. The van der Waals surface area contributed by atoms with Crippen LogP contribution in [0.15, 0.2) is 61.2 Å². The second-order valence-electron chi connectivity index (χ2n) is 5.39. The van der Waals surface area contributed by atoms with Crippen molar-refractivity contribution >= 4 is 22.4 Å². The van der Waals surface area contributed by atoms with Crippen molar-refractivity contribution in [3.63, 3.8) is 0 Å². The van der Waals surface area contributed by atoms with Gasteiger partial charge in [0.1, 0.15) is 0 Å². The Morgan fingerprint density at radius 3 is 2.70 bits per heavy atom. The number of nitrogens with two attached hydrogens (primary N) is 1. The van der Waals surface area contributed by atoms with Crippen LogP contribution in [-0.2, 0) is 4.79 Å². The smallest absolute Gasteiger partial charge is 0.224 e. The molecule has 116 valence electrons. The highest BCUT2D eigenvalue weighted by molar-refractivity contribution is 6.01. The number of aromatic nitrogens is 2. The van der Waals surface area contributed by atoms with Gasteiger partial charge in [0.15, 0.2) is 0 Å². The maximum Gasteiger partial charge on any atom is 0.224 e. The normalized spacial score (nSPS) is 12.0. The summed E-state index contributed by atoms with van der Waals surface area (Å²) in [5, 5.41) is 4.73. The number of rotatable bonds is 5. The lowest BCUT2D eigenvalue weighted by atomic mass is 10.0. The van der Waals surface area contributed by atoms with Gasteiger partial charge in [0, 0.05) is 41.8 Å². The topological polar surface area (TPSA) is 80.9 Å². The number of hydrogen-bond donors (Lipinski definition) is 2. The maximum absolute atomic E-state index is 12.2. The Morgan fingerprint density at radius 2 is 1.87 bits per heavy atom. The molecule has 0 radical (unpaired) electrons. The van der Waals surface area contributed by atoms with Crippen LogP contribution in [-0.4, -0.2) is 15.9 Å². The number of nitrogens with zero attached hydrogens (tertiary/aromatic N) is 2. The largest absolute Gasteiger partial charge is 0.324 e. The van der Waals surface area contributed by atoms with E-state index in [1.807, 2.05) is 36.4 Å². The monoisotopic (exact) mass is 306 g/mol. The van der Waals surface area contributed by atoms with Gasteiger partial charge in [0.05, 0.1) is 11.9 Å². The molecule has 0 aliphatic carbocycles. The van der Waals surface area contributed by atoms with Crippen molar-refractivity contribution in [2.45, 2.75) is 18.9 Å². The van der Waals surface area contributed by atoms with Gasteiger partial charge in [-0.2, -0.15) is 0 Å². The Hall–Kier alpha value is -2.79. The highest BCUT2D eigenvalue weighted by Crippen LogP contribution is 2.21. The van der Waals surface area contributed by atoms with Gasteiger partial charge in [-0.25, -0.2) is 0 Å². The zero-order chi connectivity index (χ0) is 16.1. The van der Waals surface area contributed by atoms with Gasteiger partial charge < -0.3 is 11.1 Å². The number of benzene rings is 1. The molecule has 3 N–H and O–H groups in total. The molecule has 1 amide bonds. The summed E-state index contributed by atoms with van der Waals surface area (Å²) in [7, 11) is 0. The zero-order valence-electron chi connectivity index (χ0n) is 12.6. The van der Waals surface area contributed by atoms with Crippen LogP contribution in [0.3, 0.4) is 0 Å². The number of pyridine rings is 2. The van der Waals surface area contributed by atoms with Crippen molar-refractivity contribution in [1.82, 2.24) is 9.97 Å². The molecule has 0 aliphatic heterocycles. The van der Waals surface area contributed by atoms with Crippen LogP contribution in [0.5, 0.6) is 0 Å². The van der Waals surface area contributed by atoms with Crippen molar-refractivity contribution in [2.24, 2.45) is 5.73 Å². The average Bonchev–Trinajstić information content (AvgIpc) is 2.61. The van der Waals surface area contributed by atoms with Crippen molar-refractivity contribution in [3.8, 4) is 0 Å². The number of anilines is 1. The molecule has 23 heavy (non-hydrogen) atoms. The van der Waals surface area contributed by atoms with Crippen molar-refractivity contribution < 1.29 is 4.79 Å². The molecule has 2 heterocycles. The summed E-state index contributed by atoms with van der Waals surface area (Å²) in [4.78, 5) is 20.4. The van der Waals surface area contributed by atoms with E-state index in [4.69, 9.17) is 5.73 Å². The first-order valence-corrected chi connectivity index (χ1v) is 7.52. The lowest BCUT2D eigenvalue weighted by Crippen LogP contribution is -2.16. The van der Waals surface area contributed by atoms with E-state index in [0.29, 0.717) is 18.5 Å². The van der Waals surface area contributed by atoms with Crippen LogP contribution >= 0.6 is 0 Å². The van der Waals surface area contributed by atoms with Gasteiger partial charge in [-0.05, 0) is 18.1 Å². The van der Waals surface area contributed by atoms with E-state index >= 15 is 0 Å². The molecule has 0 bridgehead atoms. The van der Waals surface area contributed by atoms with E-state index in [2.05, 4.69) is 15.3 Å². The minimum atomic E-state index is -0.142. The lowest BCUT2D eigenvalue weighted by Gasteiger charge is -2.12. The number of nitrogens with one attached hydrogen (secondary N) is 1. The molecule has 1 unspecified atom stereocenters. The van der Waals surface area contributed by atoms with Crippen LogP contribution in [0.2, 0.25) is 0 Å². The van der Waals surface area contributed by atoms with E-state index < -0.39 is 0 Å². The number of amides is 1. The van der Waals surface area contributed by atoms with Gasteiger partial charge in [-0.3, -0.25) is 14.8 Å². The van der Waals surface area contributed by atoms with E-state index in [1.54, 1.807) is 24.8 Å². The number of carbonyl (C=O) groups is 1. The number of fused-ring (bicyclic) bond motifs is 1. The SMILES string of the molecule is NC(CCC(=O)Nc1cncc2cnccc12)c1ccccc1. The third-order valence-electron chi connectivity index (χ3n) is 3.74. The number of carbonyl (C=O) groups excluding carboxylic acids is 1. The first kappa shape index (κ1) is 15.1.